The Labute approximate surface area is 108 Å². The first-order valence-corrected chi connectivity index (χ1v) is 6.41. The van der Waals surface area contributed by atoms with Crippen LogP contribution in [0.1, 0.15) is 49.8 Å². The van der Waals surface area contributed by atoms with Gasteiger partial charge in [-0.25, -0.2) is 0 Å². The molecule has 0 radical (unpaired) electrons. The predicted molar refractivity (Wildman–Crippen MR) is 69.8 cm³/mol. The smallest absolute Gasteiger partial charge is 0.224 e. The number of hydrogen-bond acceptors (Lipinski definition) is 2. The van der Waals surface area contributed by atoms with Gasteiger partial charge in [0.05, 0.1) is 6.07 Å². The van der Waals surface area contributed by atoms with E-state index >= 15 is 0 Å². The summed E-state index contributed by atoms with van der Waals surface area (Å²) in [5.74, 6) is 0.617. The Morgan fingerprint density at radius 2 is 1.83 bits per heavy atom. The third-order valence-corrected chi connectivity index (χ3v) is 3.30. The van der Waals surface area contributed by atoms with E-state index in [0.29, 0.717) is 5.92 Å². The molecule has 2 rings (SSSR count). The standard InChI is InChI=1S/C15H18N2O/c1-10(2)11-3-5-12(6-4-11)14(9-16)17-15(18)13-7-8-13/h3-6,10,13-14H,7-8H2,1-2H3,(H,17,18). The molecule has 1 N–H and O–H groups in total. The third kappa shape index (κ3) is 2.89. The van der Waals surface area contributed by atoms with E-state index < -0.39 is 6.04 Å². The molecule has 1 saturated carbocycles. The van der Waals surface area contributed by atoms with E-state index in [2.05, 4.69) is 25.2 Å². The summed E-state index contributed by atoms with van der Waals surface area (Å²) < 4.78 is 0. The monoisotopic (exact) mass is 242 g/mol. The lowest BCUT2D eigenvalue weighted by Gasteiger charge is -2.13. The predicted octanol–water partition coefficient (Wildman–Crippen LogP) is 2.90. The Morgan fingerprint density at radius 3 is 2.28 bits per heavy atom. The van der Waals surface area contributed by atoms with Crippen molar-refractivity contribution in [2.45, 2.75) is 38.6 Å². The van der Waals surface area contributed by atoms with Crippen LogP contribution in [0.3, 0.4) is 0 Å². The fourth-order valence-corrected chi connectivity index (χ4v) is 1.87. The molecule has 3 heteroatoms. The SMILES string of the molecule is CC(C)c1ccc(C(C#N)NC(=O)C2CC2)cc1. The molecule has 0 saturated heterocycles. The van der Waals surface area contributed by atoms with Crippen LogP contribution in [0.25, 0.3) is 0 Å². The molecule has 1 unspecified atom stereocenters. The molecule has 18 heavy (non-hydrogen) atoms. The number of nitrogens with one attached hydrogen (secondary N) is 1. The maximum Gasteiger partial charge on any atom is 0.224 e. The Balaban J connectivity index is 2.07. The van der Waals surface area contributed by atoms with Crippen LogP contribution < -0.4 is 5.32 Å². The number of nitrogens with zero attached hydrogens (tertiary/aromatic N) is 1. The van der Waals surface area contributed by atoms with Crippen LogP contribution in [-0.4, -0.2) is 5.91 Å². The molecular formula is C15H18N2O. The van der Waals surface area contributed by atoms with Crippen LogP contribution in [0, 0.1) is 17.2 Å². The summed E-state index contributed by atoms with van der Waals surface area (Å²) in [7, 11) is 0. The fraction of sp³-hybridized carbons (Fsp3) is 0.467. The van der Waals surface area contributed by atoms with E-state index in [1.807, 2.05) is 24.3 Å². The van der Waals surface area contributed by atoms with Gasteiger partial charge in [0.1, 0.15) is 6.04 Å². The van der Waals surface area contributed by atoms with Crippen molar-refractivity contribution in [2.24, 2.45) is 5.92 Å². The normalized spacial score (nSPS) is 16.1. The second-order valence-electron chi connectivity index (χ2n) is 5.17. The van der Waals surface area contributed by atoms with Crippen molar-refractivity contribution in [1.82, 2.24) is 5.32 Å². The van der Waals surface area contributed by atoms with Crippen LogP contribution in [0.4, 0.5) is 0 Å². The van der Waals surface area contributed by atoms with E-state index in [0.717, 1.165) is 18.4 Å². The molecule has 1 amide bonds. The summed E-state index contributed by atoms with van der Waals surface area (Å²) in [6.45, 7) is 4.26. The van der Waals surface area contributed by atoms with Crippen LogP contribution in [0.5, 0.6) is 0 Å². The second kappa shape index (κ2) is 5.22. The van der Waals surface area contributed by atoms with Crippen molar-refractivity contribution in [3.63, 3.8) is 0 Å². The molecule has 1 aliphatic carbocycles. The number of carbonyl (C=O) groups is 1. The van der Waals surface area contributed by atoms with Crippen LogP contribution in [0.2, 0.25) is 0 Å². The van der Waals surface area contributed by atoms with E-state index in [4.69, 9.17) is 5.26 Å². The lowest BCUT2D eigenvalue weighted by Crippen LogP contribution is -2.28. The maximum atomic E-state index is 11.7. The average molecular weight is 242 g/mol. The lowest BCUT2D eigenvalue weighted by atomic mass is 9.99. The highest BCUT2D eigenvalue weighted by Gasteiger charge is 2.31. The van der Waals surface area contributed by atoms with Crippen LogP contribution in [-0.2, 0) is 4.79 Å². The zero-order valence-electron chi connectivity index (χ0n) is 10.8. The number of rotatable bonds is 4. The molecule has 1 aliphatic rings. The summed E-state index contributed by atoms with van der Waals surface area (Å²) in [4.78, 5) is 11.7. The molecule has 94 valence electrons. The first-order valence-electron chi connectivity index (χ1n) is 6.41. The van der Waals surface area contributed by atoms with Gasteiger partial charge < -0.3 is 5.32 Å². The molecule has 0 spiro atoms. The molecule has 1 aromatic rings. The summed E-state index contributed by atoms with van der Waals surface area (Å²) in [5, 5.41) is 11.9. The first kappa shape index (κ1) is 12.6. The number of nitriles is 1. The summed E-state index contributed by atoms with van der Waals surface area (Å²) in [6.07, 6.45) is 1.91. The molecule has 0 aliphatic heterocycles. The highest BCUT2D eigenvalue weighted by atomic mass is 16.2. The van der Waals surface area contributed by atoms with Crippen molar-refractivity contribution < 1.29 is 4.79 Å². The summed E-state index contributed by atoms with van der Waals surface area (Å²) >= 11 is 0. The van der Waals surface area contributed by atoms with Crippen LogP contribution in [0.15, 0.2) is 24.3 Å². The molecular weight excluding hydrogens is 224 g/mol. The second-order valence-corrected chi connectivity index (χ2v) is 5.17. The van der Waals surface area contributed by atoms with Gasteiger partial charge in [-0.15, -0.1) is 0 Å². The third-order valence-electron chi connectivity index (χ3n) is 3.30. The Morgan fingerprint density at radius 1 is 1.28 bits per heavy atom. The quantitative estimate of drug-likeness (QED) is 0.882. The number of carbonyl (C=O) groups excluding carboxylic acids is 1. The van der Waals surface area contributed by atoms with Crippen molar-refractivity contribution >= 4 is 5.91 Å². The molecule has 0 bridgehead atoms. The minimum atomic E-state index is -0.528. The highest BCUT2D eigenvalue weighted by molar-refractivity contribution is 5.81. The number of benzene rings is 1. The minimum absolute atomic E-state index is 0.00878. The summed E-state index contributed by atoms with van der Waals surface area (Å²) in [5.41, 5.74) is 2.10. The zero-order chi connectivity index (χ0) is 13.1. The fourth-order valence-electron chi connectivity index (χ4n) is 1.87. The van der Waals surface area contributed by atoms with Crippen molar-refractivity contribution in [2.75, 3.05) is 0 Å². The molecule has 0 aromatic heterocycles. The molecule has 1 fully saturated rings. The van der Waals surface area contributed by atoms with Gasteiger partial charge in [0.15, 0.2) is 0 Å². The van der Waals surface area contributed by atoms with Gasteiger partial charge in [-0.1, -0.05) is 38.1 Å². The van der Waals surface area contributed by atoms with Gasteiger partial charge in [-0.2, -0.15) is 5.26 Å². The Hall–Kier alpha value is -1.82. The van der Waals surface area contributed by atoms with Gasteiger partial charge >= 0.3 is 0 Å². The van der Waals surface area contributed by atoms with Gasteiger partial charge in [-0.3, -0.25) is 4.79 Å². The van der Waals surface area contributed by atoms with Crippen LogP contribution >= 0.6 is 0 Å². The summed E-state index contributed by atoms with van der Waals surface area (Å²) in [6, 6.07) is 9.52. The van der Waals surface area contributed by atoms with Crippen molar-refractivity contribution in [1.29, 1.82) is 5.26 Å². The van der Waals surface area contributed by atoms with E-state index in [9.17, 15) is 4.79 Å². The lowest BCUT2D eigenvalue weighted by molar-refractivity contribution is -0.122. The van der Waals surface area contributed by atoms with E-state index in [1.165, 1.54) is 5.56 Å². The number of amides is 1. The number of hydrogen-bond donors (Lipinski definition) is 1. The minimum Gasteiger partial charge on any atom is -0.336 e. The van der Waals surface area contributed by atoms with Crippen molar-refractivity contribution in [3.05, 3.63) is 35.4 Å². The Bertz CT molecular complexity index is 466. The van der Waals surface area contributed by atoms with Gasteiger partial charge in [0.2, 0.25) is 5.91 Å². The topological polar surface area (TPSA) is 52.9 Å². The van der Waals surface area contributed by atoms with Crippen molar-refractivity contribution in [3.8, 4) is 6.07 Å². The largest absolute Gasteiger partial charge is 0.336 e. The zero-order valence-corrected chi connectivity index (χ0v) is 10.8. The van der Waals surface area contributed by atoms with Gasteiger partial charge in [0, 0.05) is 5.92 Å². The average Bonchev–Trinajstić information content (AvgIpc) is 3.20. The molecule has 3 nitrogen and oxygen atoms in total. The maximum absolute atomic E-state index is 11.7. The van der Waals surface area contributed by atoms with E-state index in [1.54, 1.807) is 0 Å². The van der Waals surface area contributed by atoms with Gasteiger partial charge in [-0.05, 0) is 29.9 Å². The molecule has 1 atom stereocenters. The molecule has 0 heterocycles. The highest BCUT2D eigenvalue weighted by Crippen LogP contribution is 2.29. The van der Waals surface area contributed by atoms with Gasteiger partial charge in [0.25, 0.3) is 0 Å². The first-order chi connectivity index (χ1) is 8.61. The van der Waals surface area contributed by atoms with E-state index in [-0.39, 0.29) is 11.8 Å². The Kier molecular flexibility index (Phi) is 3.66. The molecule has 1 aromatic carbocycles.